The summed E-state index contributed by atoms with van der Waals surface area (Å²) in [5.41, 5.74) is 1.78. The molecule has 1 N–H and O–H groups in total. The van der Waals surface area contributed by atoms with E-state index >= 15 is 0 Å². The summed E-state index contributed by atoms with van der Waals surface area (Å²) in [5, 5.41) is 7.65. The Labute approximate surface area is 179 Å². The van der Waals surface area contributed by atoms with Crippen molar-refractivity contribution in [1.29, 1.82) is 0 Å². The fourth-order valence-electron chi connectivity index (χ4n) is 3.89. The van der Waals surface area contributed by atoms with E-state index in [1.54, 1.807) is 32.2 Å². The van der Waals surface area contributed by atoms with Gasteiger partial charge < -0.3 is 9.73 Å². The van der Waals surface area contributed by atoms with Crippen LogP contribution < -0.4 is 10.9 Å². The second-order valence-corrected chi connectivity index (χ2v) is 9.78. The average molecular weight is 445 g/mol. The van der Waals surface area contributed by atoms with Gasteiger partial charge in [0.15, 0.2) is 0 Å². The minimum atomic E-state index is -3.73. The summed E-state index contributed by atoms with van der Waals surface area (Å²) in [4.78, 5) is 24.7. The van der Waals surface area contributed by atoms with Crippen LogP contribution in [0.1, 0.15) is 24.1 Å². The maximum Gasteiger partial charge on any atom is 0.336 e. The Bertz CT molecular complexity index is 1330. The third kappa shape index (κ3) is 4.00. The Morgan fingerprint density at radius 1 is 1.26 bits per heavy atom. The molecule has 4 rings (SSSR count). The molecule has 0 radical (unpaired) electrons. The zero-order valence-corrected chi connectivity index (χ0v) is 18.4. The van der Waals surface area contributed by atoms with Crippen LogP contribution in [0.25, 0.3) is 11.0 Å². The maximum atomic E-state index is 13.1. The van der Waals surface area contributed by atoms with Crippen LogP contribution in [-0.2, 0) is 21.9 Å². The molecule has 0 spiro atoms. The molecule has 3 heterocycles. The molecule has 1 aliphatic heterocycles. The van der Waals surface area contributed by atoms with Crippen molar-refractivity contribution in [2.75, 3.05) is 18.4 Å². The van der Waals surface area contributed by atoms with Crippen LogP contribution in [0.4, 0.5) is 5.69 Å². The molecule has 1 atom stereocenters. The SMILES string of the molecule is Cc1cc(=O)oc2cc(NC(=O)[C@H]3CCCN(S(=O)(=O)c4cnn(C)c4C)C3)ccc12. The number of aryl methyl sites for hydroxylation is 2. The lowest BCUT2D eigenvalue weighted by molar-refractivity contribution is -0.120. The van der Waals surface area contributed by atoms with Crippen LogP contribution in [0.5, 0.6) is 0 Å². The predicted molar refractivity (Wildman–Crippen MR) is 115 cm³/mol. The highest BCUT2D eigenvalue weighted by Gasteiger charge is 2.35. The van der Waals surface area contributed by atoms with Gasteiger partial charge in [0.2, 0.25) is 15.9 Å². The second kappa shape index (κ2) is 7.93. The zero-order valence-electron chi connectivity index (χ0n) is 17.6. The molecular formula is C21H24N4O5S. The Morgan fingerprint density at radius 2 is 2.03 bits per heavy atom. The van der Waals surface area contributed by atoms with Crippen LogP contribution in [0.2, 0.25) is 0 Å². The van der Waals surface area contributed by atoms with E-state index in [1.165, 1.54) is 21.3 Å². The van der Waals surface area contributed by atoms with E-state index in [0.717, 1.165) is 10.9 Å². The smallest absolute Gasteiger partial charge is 0.336 e. The Morgan fingerprint density at radius 3 is 2.74 bits per heavy atom. The molecule has 1 aliphatic rings. The second-order valence-electron chi connectivity index (χ2n) is 7.87. The predicted octanol–water partition coefficient (Wildman–Crippen LogP) is 2.18. The summed E-state index contributed by atoms with van der Waals surface area (Å²) < 4.78 is 34.2. The third-order valence-corrected chi connectivity index (χ3v) is 7.75. The maximum absolute atomic E-state index is 13.1. The van der Waals surface area contributed by atoms with E-state index in [4.69, 9.17) is 4.42 Å². The number of piperidine rings is 1. The molecule has 1 saturated heterocycles. The minimum absolute atomic E-state index is 0.101. The lowest BCUT2D eigenvalue weighted by atomic mass is 9.98. The van der Waals surface area contributed by atoms with Gasteiger partial charge in [0, 0.05) is 43.3 Å². The highest BCUT2D eigenvalue weighted by molar-refractivity contribution is 7.89. The van der Waals surface area contributed by atoms with Crippen molar-refractivity contribution in [3.05, 3.63) is 52.1 Å². The van der Waals surface area contributed by atoms with Crippen molar-refractivity contribution in [3.63, 3.8) is 0 Å². The number of benzene rings is 1. The standard InChI is InChI=1S/C21H24N4O5S/c1-13-9-20(26)30-18-10-16(6-7-17(13)18)23-21(27)15-5-4-8-25(12-15)31(28,29)19-11-22-24(3)14(19)2/h6-7,9-11,15H,4-5,8,12H2,1-3H3,(H,23,27)/t15-/m0/s1. The number of amides is 1. The zero-order chi connectivity index (χ0) is 22.3. The first-order chi connectivity index (χ1) is 14.7. The number of carbonyl (C=O) groups is 1. The number of anilines is 1. The summed E-state index contributed by atoms with van der Waals surface area (Å²) >= 11 is 0. The first kappa shape index (κ1) is 21.3. The summed E-state index contributed by atoms with van der Waals surface area (Å²) in [6.45, 7) is 3.98. The summed E-state index contributed by atoms with van der Waals surface area (Å²) in [5.74, 6) is -0.752. The van der Waals surface area contributed by atoms with Crippen molar-refractivity contribution < 1.29 is 17.6 Å². The number of rotatable bonds is 4. The van der Waals surface area contributed by atoms with Crippen molar-refractivity contribution >= 4 is 32.6 Å². The number of carbonyl (C=O) groups excluding carboxylic acids is 1. The number of sulfonamides is 1. The van der Waals surface area contributed by atoms with Gasteiger partial charge in [-0.05, 0) is 44.4 Å². The first-order valence-corrected chi connectivity index (χ1v) is 11.4. The van der Waals surface area contributed by atoms with Gasteiger partial charge >= 0.3 is 5.63 Å². The van der Waals surface area contributed by atoms with Crippen LogP contribution in [0, 0.1) is 19.8 Å². The quantitative estimate of drug-likeness (QED) is 0.617. The Hall–Kier alpha value is -2.98. The fourth-order valence-corrected chi connectivity index (χ4v) is 5.60. The van der Waals surface area contributed by atoms with Crippen LogP contribution >= 0.6 is 0 Å². The molecule has 164 valence electrons. The summed E-state index contributed by atoms with van der Waals surface area (Å²) in [7, 11) is -2.04. The summed E-state index contributed by atoms with van der Waals surface area (Å²) in [6.07, 6.45) is 2.52. The largest absolute Gasteiger partial charge is 0.423 e. The molecule has 0 unspecified atom stereocenters. The Kier molecular flexibility index (Phi) is 5.44. The molecule has 31 heavy (non-hydrogen) atoms. The van der Waals surface area contributed by atoms with E-state index in [-0.39, 0.29) is 17.3 Å². The molecular weight excluding hydrogens is 420 g/mol. The number of nitrogens with zero attached hydrogens (tertiary/aromatic N) is 3. The van der Waals surface area contributed by atoms with Crippen LogP contribution in [0.3, 0.4) is 0 Å². The lowest BCUT2D eigenvalue weighted by Gasteiger charge is -2.31. The first-order valence-electron chi connectivity index (χ1n) is 10.0. The van der Waals surface area contributed by atoms with E-state index in [0.29, 0.717) is 36.4 Å². The normalized spacial score (nSPS) is 17.7. The third-order valence-electron chi connectivity index (χ3n) is 5.78. The van der Waals surface area contributed by atoms with Gasteiger partial charge in [-0.2, -0.15) is 9.40 Å². The molecule has 10 heteroatoms. The monoisotopic (exact) mass is 444 g/mol. The molecule has 1 aromatic carbocycles. The average Bonchev–Trinajstić information content (AvgIpc) is 3.07. The number of fused-ring (bicyclic) bond motifs is 1. The molecule has 1 fully saturated rings. The van der Waals surface area contributed by atoms with Crippen molar-refractivity contribution in [1.82, 2.24) is 14.1 Å². The van der Waals surface area contributed by atoms with Crippen LogP contribution in [-0.4, -0.2) is 41.5 Å². The van der Waals surface area contributed by atoms with Gasteiger partial charge in [0.1, 0.15) is 10.5 Å². The number of aromatic nitrogens is 2. The fraction of sp³-hybridized carbons (Fsp3) is 0.381. The van der Waals surface area contributed by atoms with Crippen molar-refractivity contribution in [3.8, 4) is 0 Å². The molecule has 0 aliphatic carbocycles. The number of hydrogen-bond donors (Lipinski definition) is 1. The summed E-state index contributed by atoms with van der Waals surface area (Å²) in [6, 6.07) is 6.55. The van der Waals surface area contributed by atoms with Gasteiger partial charge in [-0.1, -0.05) is 0 Å². The highest BCUT2D eigenvalue weighted by atomic mass is 32.2. The Balaban J connectivity index is 1.52. The number of hydrogen-bond acceptors (Lipinski definition) is 6. The molecule has 3 aromatic rings. The lowest BCUT2D eigenvalue weighted by Crippen LogP contribution is -2.43. The van der Waals surface area contributed by atoms with Gasteiger partial charge in [-0.15, -0.1) is 0 Å². The van der Waals surface area contributed by atoms with E-state index in [1.807, 2.05) is 6.92 Å². The molecule has 9 nitrogen and oxygen atoms in total. The van der Waals surface area contributed by atoms with E-state index < -0.39 is 21.6 Å². The van der Waals surface area contributed by atoms with E-state index in [2.05, 4.69) is 10.4 Å². The highest BCUT2D eigenvalue weighted by Crippen LogP contribution is 2.27. The van der Waals surface area contributed by atoms with Crippen molar-refractivity contribution in [2.45, 2.75) is 31.6 Å². The van der Waals surface area contributed by atoms with Gasteiger partial charge in [-0.25, -0.2) is 13.2 Å². The molecule has 1 amide bonds. The number of nitrogens with one attached hydrogen (secondary N) is 1. The van der Waals surface area contributed by atoms with Crippen LogP contribution in [0.15, 0.2) is 44.6 Å². The van der Waals surface area contributed by atoms with Crippen molar-refractivity contribution in [2.24, 2.45) is 13.0 Å². The molecule has 0 bridgehead atoms. The molecule has 2 aromatic heterocycles. The topological polar surface area (TPSA) is 115 Å². The minimum Gasteiger partial charge on any atom is -0.423 e. The molecule has 0 saturated carbocycles. The van der Waals surface area contributed by atoms with E-state index in [9.17, 15) is 18.0 Å². The van der Waals surface area contributed by atoms with Gasteiger partial charge in [-0.3, -0.25) is 9.48 Å². The van der Waals surface area contributed by atoms with Gasteiger partial charge in [0.25, 0.3) is 0 Å². The van der Waals surface area contributed by atoms with Gasteiger partial charge in [0.05, 0.1) is 17.8 Å².